The Bertz CT molecular complexity index is 1150. The van der Waals surface area contributed by atoms with Crippen molar-refractivity contribution in [3.8, 4) is 17.2 Å². The Balaban J connectivity index is 1.49. The molecule has 1 amide bonds. The molecule has 0 fully saturated rings. The molecule has 7 nitrogen and oxygen atoms in total. The number of amides is 1. The minimum Gasteiger partial charge on any atom is -0.497 e. The van der Waals surface area contributed by atoms with Gasteiger partial charge in [-0.25, -0.2) is 4.79 Å². The van der Waals surface area contributed by atoms with Crippen LogP contribution in [0.3, 0.4) is 0 Å². The van der Waals surface area contributed by atoms with Gasteiger partial charge < -0.3 is 23.9 Å². The Morgan fingerprint density at radius 2 is 1.77 bits per heavy atom. The van der Waals surface area contributed by atoms with Crippen LogP contribution in [0.1, 0.15) is 24.0 Å². The number of methoxy groups -OCH3 is 2. The molecule has 0 bridgehead atoms. The molecule has 1 N–H and O–H groups in total. The average molecular weight is 409 g/mol. The van der Waals surface area contributed by atoms with Crippen molar-refractivity contribution in [1.82, 2.24) is 0 Å². The summed E-state index contributed by atoms with van der Waals surface area (Å²) in [7, 11) is 3.07. The molecule has 0 spiro atoms. The lowest BCUT2D eigenvalue weighted by Gasteiger charge is -2.16. The Morgan fingerprint density at radius 1 is 1.00 bits per heavy atom. The lowest BCUT2D eigenvalue weighted by Crippen LogP contribution is -2.20. The van der Waals surface area contributed by atoms with Gasteiger partial charge >= 0.3 is 5.63 Å². The van der Waals surface area contributed by atoms with Gasteiger partial charge in [0.05, 0.1) is 19.9 Å². The molecular weight excluding hydrogens is 386 g/mol. The van der Waals surface area contributed by atoms with E-state index in [1.54, 1.807) is 37.4 Å². The Labute approximate surface area is 173 Å². The second-order valence-electron chi connectivity index (χ2n) is 7.11. The zero-order valence-electron chi connectivity index (χ0n) is 16.9. The third-order valence-electron chi connectivity index (χ3n) is 5.25. The van der Waals surface area contributed by atoms with Crippen molar-refractivity contribution in [1.29, 1.82) is 0 Å². The number of anilines is 1. The summed E-state index contributed by atoms with van der Waals surface area (Å²) in [6.07, 6.45) is 3.72. The zero-order valence-corrected chi connectivity index (χ0v) is 16.9. The quantitative estimate of drug-likeness (QED) is 0.625. The first-order valence-corrected chi connectivity index (χ1v) is 9.82. The number of ether oxygens (including phenoxy) is 3. The van der Waals surface area contributed by atoms with Gasteiger partial charge in [0.2, 0.25) is 0 Å². The highest BCUT2D eigenvalue weighted by molar-refractivity contribution is 5.93. The van der Waals surface area contributed by atoms with Crippen LogP contribution in [-0.4, -0.2) is 26.7 Å². The van der Waals surface area contributed by atoms with Crippen molar-refractivity contribution in [3.05, 3.63) is 57.9 Å². The van der Waals surface area contributed by atoms with Crippen LogP contribution in [-0.2, 0) is 17.6 Å². The molecule has 3 aromatic rings. The van der Waals surface area contributed by atoms with Crippen LogP contribution in [0.15, 0.2) is 45.6 Å². The van der Waals surface area contributed by atoms with Crippen LogP contribution >= 0.6 is 0 Å². The molecule has 1 aromatic heterocycles. The van der Waals surface area contributed by atoms with E-state index in [0.29, 0.717) is 28.5 Å². The number of carbonyl (C=O) groups is 1. The molecule has 156 valence electrons. The summed E-state index contributed by atoms with van der Waals surface area (Å²) in [4.78, 5) is 24.6. The van der Waals surface area contributed by atoms with Crippen molar-refractivity contribution in [3.63, 3.8) is 0 Å². The van der Waals surface area contributed by atoms with Crippen molar-refractivity contribution >= 4 is 22.6 Å². The van der Waals surface area contributed by atoms with E-state index >= 15 is 0 Å². The number of hydrogen-bond acceptors (Lipinski definition) is 6. The van der Waals surface area contributed by atoms with Crippen LogP contribution < -0.4 is 25.2 Å². The van der Waals surface area contributed by atoms with Gasteiger partial charge in [0.15, 0.2) is 6.61 Å². The highest BCUT2D eigenvalue weighted by atomic mass is 16.5. The highest BCUT2D eigenvalue weighted by Crippen LogP contribution is 2.30. The maximum Gasteiger partial charge on any atom is 0.339 e. The molecule has 7 heteroatoms. The molecule has 0 aliphatic heterocycles. The molecule has 30 heavy (non-hydrogen) atoms. The van der Waals surface area contributed by atoms with E-state index < -0.39 is 0 Å². The Morgan fingerprint density at radius 3 is 2.53 bits per heavy atom. The van der Waals surface area contributed by atoms with Gasteiger partial charge in [-0.3, -0.25) is 4.79 Å². The average Bonchev–Trinajstić information content (AvgIpc) is 2.77. The molecule has 4 rings (SSSR count). The van der Waals surface area contributed by atoms with Gasteiger partial charge in [-0.1, -0.05) is 0 Å². The first kappa shape index (κ1) is 19.8. The number of aryl methyl sites for hydroxylation is 1. The van der Waals surface area contributed by atoms with Crippen LogP contribution in [0.2, 0.25) is 0 Å². The lowest BCUT2D eigenvalue weighted by atomic mass is 9.91. The molecule has 1 aliphatic rings. The molecule has 0 unspecified atom stereocenters. The molecule has 1 aliphatic carbocycles. The standard InChI is InChI=1S/C23H23NO6/c1-27-14-8-10-20(28-2)19(11-14)24-22(25)13-29-15-7-9-17-16-5-3-4-6-18(16)23(26)30-21(17)12-15/h7-12H,3-6,13H2,1-2H3,(H,24,25). The van der Waals surface area contributed by atoms with E-state index in [4.69, 9.17) is 18.6 Å². The third-order valence-corrected chi connectivity index (χ3v) is 5.25. The molecule has 1 heterocycles. The Kier molecular flexibility index (Phi) is 5.61. The fourth-order valence-corrected chi connectivity index (χ4v) is 3.76. The molecule has 0 radical (unpaired) electrons. The van der Waals surface area contributed by atoms with Crippen LogP contribution in [0, 0.1) is 0 Å². The summed E-state index contributed by atoms with van der Waals surface area (Å²) in [6.45, 7) is -0.207. The summed E-state index contributed by atoms with van der Waals surface area (Å²) in [6, 6.07) is 10.5. The van der Waals surface area contributed by atoms with E-state index in [2.05, 4.69) is 5.32 Å². The molecular formula is C23H23NO6. The zero-order chi connectivity index (χ0) is 21.1. The number of rotatable bonds is 6. The van der Waals surface area contributed by atoms with E-state index in [9.17, 15) is 9.59 Å². The van der Waals surface area contributed by atoms with E-state index in [0.717, 1.165) is 42.2 Å². The maximum absolute atomic E-state index is 12.4. The van der Waals surface area contributed by atoms with Crippen LogP contribution in [0.5, 0.6) is 17.2 Å². The largest absolute Gasteiger partial charge is 0.497 e. The number of benzene rings is 2. The summed E-state index contributed by atoms with van der Waals surface area (Å²) in [5, 5.41) is 3.68. The van der Waals surface area contributed by atoms with E-state index in [1.165, 1.54) is 7.11 Å². The second kappa shape index (κ2) is 8.49. The third kappa shape index (κ3) is 3.96. The number of fused-ring (bicyclic) bond motifs is 3. The van der Waals surface area contributed by atoms with Crippen molar-refractivity contribution in [2.45, 2.75) is 25.7 Å². The molecule has 0 atom stereocenters. The molecule has 2 aromatic carbocycles. The summed E-state index contributed by atoms with van der Waals surface area (Å²) in [5.41, 5.74) is 2.54. The first-order chi connectivity index (χ1) is 14.6. The van der Waals surface area contributed by atoms with E-state index in [-0.39, 0.29) is 18.1 Å². The fourth-order valence-electron chi connectivity index (χ4n) is 3.76. The molecule has 0 saturated heterocycles. The SMILES string of the molecule is COc1ccc(OC)c(NC(=O)COc2ccc3c4c(c(=O)oc3c2)CCCC4)c1. The minimum atomic E-state index is -0.353. The molecule has 0 saturated carbocycles. The van der Waals surface area contributed by atoms with Crippen LogP contribution in [0.25, 0.3) is 11.0 Å². The first-order valence-electron chi connectivity index (χ1n) is 9.82. The van der Waals surface area contributed by atoms with Gasteiger partial charge in [0.1, 0.15) is 22.8 Å². The van der Waals surface area contributed by atoms with Gasteiger partial charge in [0.25, 0.3) is 5.91 Å². The predicted molar refractivity (Wildman–Crippen MR) is 113 cm³/mol. The second-order valence-corrected chi connectivity index (χ2v) is 7.11. The summed E-state index contributed by atoms with van der Waals surface area (Å²) < 4.78 is 21.5. The van der Waals surface area contributed by atoms with Crippen molar-refractivity contribution in [2.75, 3.05) is 26.1 Å². The van der Waals surface area contributed by atoms with Crippen LogP contribution in [0.4, 0.5) is 5.69 Å². The minimum absolute atomic E-state index is 0.207. The number of nitrogens with one attached hydrogen (secondary N) is 1. The van der Waals surface area contributed by atoms with Gasteiger partial charge in [-0.05, 0) is 55.5 Å². The van der Waals surface area contributed by atoms with Crippen molar-refractivity contribution in [2.24, 2.45) is 0 Å². The number of hydrogen-bond donors (Lipinski definition) is 1. The Hall–Kier alpha value is -3.48. The highest BCUT2D eigenvalue weighted by Gasteiger charge is 2.18. The van der Waals surface area contributed by atoms with Crippen molar-refractivity contribution < 1.29 is 23.4 Å². The fraction of sp³-hybridized carbons (Fsp3) is 0.304. The smallest absolute Gasteiger partial charge is 0.339 e. The monoisotopic (exact) mass is 409 g/mol. The topological polar surface area (TPSA) is 87.0 Å². The number of carbonyl (C=O) groups excluding carboxylic acids is 1. The van der Waals surface area contributed by atoms with Gasteiger partial charge in [-0.15, -0.1) is 0 Å². The summed E-state index contributed by atoms with van der Waals surface area (Å²) in [5.74, 6) is 1.21. The van der Waals surface area contributed by atoms with Gasteiger partial charge in [0, 0.05) is 23.1 Å². The lowest BCUT2D eigenvalue weighted by molar-refractivity contribution is -0.118. The summed E-state index contributed by atoms with van der Waals surface area (Å²) >= 11 is 0. The normalized spacial score (nSPS) is 12.9. The predicted octanol–water partition coefficient (Wildman–Crippen LogP) is 3.71. The maximum atomic E-state index is 12.4. The van der Waals surface area contributed by atoms with E-state index in [1.807, 2.05) is 6.07 Å². The van der Waals surface area contributed by atoms with Gasteiger partial charge in [-0.2, -0.15) is 0 Å².